The van der Waals surface area contributed by atoms with Crippen LogP contribution in [0.2, 0.25) is 0 Å². The van der Waals surface area contributed by atoms with Crippen molar-refractivity contribution in [1.29, 1.82) is 0 Å². The van der Waals surface area contributed by atoms with Crippen LogP contribution in [0.25, 0.3) is 0 Å². The zero-order valence-electron chi connectivity index (χ0n) is 8.75. The molecule has 0 unspecified atom stereocenters. The molecule has 0 bridgehead atoms. The van der Waals surface area contributed by atoms with E-state index in [1.807, 2.05) is 0 Å². The fraction of sp³-hybridized carbons (Fsp3) is 0.833. The standard InChI is InChI=1S/C12H18O2/c1-11-5-2-3-9-7-14-8-12(9,11)6-4-10(11)13/h3,10,13H,2,4-8H2,1H3/t10-,11+,12+/m0/s1. The van der Waals surface area contributed by atoms with Crippen LogP contribution >= 0.6 is 0 Å². The van der Waals surface area contributed by atoms with E-state index < -0.39 is 0 Å². The zero-order chi connectivity index (χ0) is 9.81. The molecule has 1 saturated heterocycles. The number of allylic oxidation sites excluding steroid dienone is 1. The van der Waals surface area contributed by atoms with Gasteiger partial charge in [-0.2, -0.15) is 0 Å². The Labute approximate surface area is 85.0 Å². The van der Waals surface area contributed by atoms with E-state index in [9.17, 15) is 5.11 Å². The molecule has 2 heteroatoms. The van der Waals surface area contributed by atoms with Crippen molar-refractivity contribution in [3.05, 3.63) is 11.6 Å². The number of aliphatic hydroxyl groups is 1. The summed E-state index contributed by atoms with van der Waals surface area (Å²) in [5, 5.41) is 10.1. The lowest BCUT2D eigenvalue weighted by Gasteiger charge is -2.45. The largest absolute Gasteiger partial charge is 0.393 e. The third kappa shape index (κ3) is 0.801. The van der Waals surface area contributed by atoms with Gasteiger partial charge in [0.05, 0.1) is 19.3 Å². The highest BCUT2D eigenvalue weighted by Gasteiger charge is 2.61. The molecule has 2 nitrogen and oxygen atoms in total. The van der Waals surface area contributed by atoms with Crippen LogP contribution in [0, 0.1) is 10.8 Å². The van der Waals surface area contributed by atoms with Crippen molar-refractivity contribution < 1.29 is 9.84 Å². The second-order valence-corrected chi connectivity index (χ2v) is 5.31. The molecule has 14 heavy (non-hydrogen) atoms. The van der Waals surface area contributed by atoms with E-state index in [1.165, 1.54) is 5.57 Å². The van der Waals surface area contributed by atoms with Crippen LogP contribution < -0.4 is 0 Å². The second kappa shape index (κ2) is 2.61. The van der Waals surface area contributed by atoms with Gasteiger partial charge in [-0.15, -0.1) is 0 Å². The Hall–Kier alpha value is -0.340. The van der Waals surface area contributed by atoms with Gasteiger partial charge in [0.15, 0.2) is 0 Å². The fourth-order valence-corrected chi connectivity index (χ4v) is 3.84. The lowest BCUT2D eigenvalue weighted by molar-refractivity contribution is -0.0160. The van der Waals surface area contributed by atoms with E-state index in [1.54, 1.807) is 0 Å². The number of hydrogen-bond acceptors (Lipinski definition) is 2. The quantitative estimate of drug-likeness (QED) is 0.597. The maximum absolute atomic E-state index is 10.1. The highest BCUT2D eigenvalue weighted by atomic mass is 16.5. The highest BCUT2D eigenvalue weighted by Crippen LogP contribution is 2.63. The van der Waals surface area contributed by atoms with E-state index >= 15 is 0 Å². The molecule has 3 aliphatic rings. The summed E-state index contributed by atoms with van der Waals surface area (Å²) in [6.45, 7) is 3.90. The lowest BCUT2D eigenvalue weighted by atomic mass is 9.58. The number of rotatable bonds is 0. The zero-order valence-corrected chi connectivity index (χ0v) is 8.75. The summed E-state index contributed by atoms with van der Waals surface area (Å²) in [5.41, 5.74) is 1.76. The molecular formula is C12H18O2. The van der Waals surface area contributed by atoms with Gasteiger partial charge >= 0.3 is 0 Å². The van der Waals surface area contributed by atoms with Crippen molar-refractivity contribution in [3.8, 4) is 0 Å². The molecule has 1 heterocycles. The molecule has 1 spiro atoms. The molecule has 0 amide bonds. The van der Waals surface area contributed by atoms with Crippen molar-refractivity contribution in [2.45, 2.75) is 38.7 Å². The maximum atomic E-state index is 10.1. The minimum atomic E-state index is -0.118. The van der Waals surface area contributed by atoms with Crippen LogP contribution in [0.5, 0.6) is 0 Å². The van der Waals surface area contributed by atoms with Gasteiger partial charge in [-0.3, -0.25) is 0 Å². The number of ether oxygens (including phenoxy) is 1. The summed E-state index contributed by atoms with van der Waals surface area (Å²) in [6, 6.07) is 0. The van der Waals surface area contributed by atoms with Gasteiger partial charge in [-0.05, 0) is 31.3 Å². The first-order chi connectivity index (χ1) is 6.69. The summed E-state index contributed by atoms with van der Waals surface area (Å²) < 4.78 is 5.63. The van der Waals surface area contributed by atoms with E-state index in [0.29, 0.717) is 0 Å². The van der Waals surface area contributed by atoms with Crippen molar-refractivity contribution >= 4 is 0 Å². The minimum absolute atomic E-state index is 0.0909. The highest BCUT2D eigenvalue weighted by molar-refractivity contribution is 5.30. The molecule has 3 rings (SSSR count). The molecule has 1 saturated carbocycles. The van der Waals surface area contributed by atoms with E-state index in [4.69, 9.17) is 4.74 Å². The van der Waals surface area contributed by atoms with Crippen molar-refractivity contribution in [2.75, 3.05) is 13.2 Å². The molecule has 0 aromatic carbocycles. The number of hydrogen-bond donors (Lipinski definition) is 1. The van der Waals surface area contributed by atoms with Gasteiger partial charge in [-0.25, -0.2) is 0 Å². The molecule has 1 aliphatic heterocycles. The Bertz CT molecular complexity index is 297. The average molecular weight is 194 g/mol. The normalized spacial score (nSPS) is 51.3. The Kier molecular flexibility index (Phi) is 1.67. The molecular weight excluding hydrogens is 176 g/mol. The van der Waals surface area contributed by atoms with Crippen LogP contribution in [0.3, 0.4) is 0 Å². The second-order valence-electron chi connectivity index (χ2n) is 5.31. The van der Waals surface area contributed by atoms with E-state index in [0.717, 1.165) is 38.9 Å². The lowest BCUT2D eigenvalue weighted by Crippen LogP contribution is -2.44. The molecule has 2 fully saturated rings. The summed E-state index contributed by atoms with van der Waals surface area (Å²) >= 11 is 0. The van der Waals surface area contributed by atoms with Gasteiger partial charge < -0.3 is 9.84 Å². The average Bonchev–Trinajstić information content (AvgIpc) is 2.68. The van der Waals surface area contributed by atoms with Crippen LogP contribution in [0.4, 0.5) is 0 Å². The smallest absolute Gasteiger partial charge is 0.0683 e. The number of aliphatic hydroxyl groups excluding tert-OH is 1. The van der Waals surface area contributed by atoms with Gasteiger partial charge in [0, 0.05) is 10.8 Å². The van der Waals surface area contributed by atoms with Gasteiger partial charge in [0.2, 0.25) is 0 Å². The van der Waals surface area contributed by atoms with Crippen LogP contribution in [-0.4, -0.2) is 24.4 Å². The Morgan fingerprint density at radius 2 is 2.36 bits per heavy atom. The molecule has 2 aliphatic carbocycles. The molecule has 78 valence electrons. The fourth-order valence-electron chi connectivity index (χ4n) is 3.84. The first-order valence-corrected chi connectivity index (χ1v) is 5.64. The predicted octanol–water partition coefficient (Wildman–Crippen LogP) is 1.88. The summed E-state index contributed by atoms with van der Waals surface area (Å²) in [7, 11) is 0. The molecule has 1 N–H and O–H groups in total. The van der Waals surface area contributed by atoms with Gasteiger partial charge in [0.1, 0.15) is 0 Å². The molecule has 3 atom stereocenters. The van der Waals surface area contributed by atoms with Crippen LogP contribution in [0.15, 0.2) is 11.6 Å². The third-order valence-electron chi connectivity index (χ3n) is 4.95. The summed E-state index contributed by atoms with van der Waals surface area (Å²) in [4.78, 5) is 0. The first kappa shape index (κ1) is 8.93. The molecule has 0 aromatic heterocycles. The Morgan fingerprint density at radius 3 is 3.21 bits per heavy atom. The first-order valence-electron chi connectivity index (χ1n) is 5.64. The van der Waals surface area contributed by atoms with E-state index in [-0.39, 0.29) is 16.9 Å². The topological polar surface area (TPSA) is 29.5 Å². The predicted molar refractivity (Wildman–Crippen MR) is 53.9 cm³/mol. The van der Waals surface area contributed by atoms with E-state index in [2.05, 4.69) is 13.0 Å². The maximum Gasteiger partial charge on any atom is 0.0683 e. The van der Waals surface area contributed by atoms with Crippen LogP contribution in [-0.2, 0) is 4.74 Å². The van der Waals surface area contributed by atoms with Crippen LogP contribution in [0.1, 0.15) is 32.6 Å². The monoisotopic (exact) mass is 194 g/mol. The summed E-state index contributed by atoms with van der Waals surface area (Å²) in [6.07, 6.45) is 6.56. The van der Waals surface area contributed by atoms with Crippen molar-refractivity contribution in [2.24, 2.45) is 10.8 Å². The van der Waals surface area contributed by atoms with Gasteiger partial charge in [-0.1, -0.05) is 13.0 Å². The third-order valence-corrected chi connectivity index (χ3v) is 4.95. The Balaban J connectivity index is 2.12. The minimum Gasteiger partial charge on any atom is -0.393 e. The van der Waals surface area contributed by atoms with Crippen molar-refractivity contribution in [3.63, 3.8) is 0 Å². The van der Waals surface area contributed by atoms with Gasteiger partial charge in [0.25, 0.3) is 0 Å². The van der Waals surface area contributed by atoms with Crippen molar-refractivity contribution in [1.82, 2.24) is 0 Å². The summed E-state index contributed by atoms with van der Waals surface area (Å²) in [5.74, 6) is 0. The molecule has 0 radical (unpaired) electrons. The SMILES string of the molecule is C[C@]12CCC=C3COC[C@]31CC[C@@H]2O. The Morgan fingerprint density at radius 1 is 1.50 bits per heavy atom. The molecule has 0 aromatic rings.